The smallest absolute Gasteiger partial charge is 0.224 e. The van der Waals surface area contributed by atoms with Crippen molar-refractivity contribution >= 4 is 39.1 Å². The van der Waals surface area contributed by atoms with Crippen LogP contribution in [0.1, 0.15) is 25.3 Å². The lowest BCUT2D eigenvalue weighted by Gasteiger charge is -2.31. The van der Waals surface area contributed by atoms with Crippen LogP contribution in [0, 0.1) is 5.92 Å². The van der Waals surface area contributed by atoms with E-state index in [0.717, 1.165) is 0 Å². The van der Waals surface area contributed by atoms with Gasteiger partial charge < -0.3 is 5.32 Å². The quantitative estimate of drug-likeness (QED) is 0.856. The van der Waals surface area contributed by atoms with E-state index < -0.39 is 10.0 Å². The molecular weight excluding hydrogens is 359 g/mol. The highest BCUT2D eigenvalue weighted by molar-refractivity contribution is 7.88. The molecule has 1 saturated heterocycles. The first-order valence-corrected chi connectivity index (χ1v) is 9.89. The Balaban J connectivity index is 2.09. The molecule has 1 aromatic carbocycles. The zero-order valence-corrected chi connectivity index (χ0v) is 15.2. The molecule has 128 valence electrons. The van der Waals surface area contributed by atoms with Gasteiger partial charge >= 0.3 is 0 Å². The number of nitrogens with zero attached hydrogens (tertiary/aromatic N) is 1. The number of rotatable bonds is 5. The topological polar surface area (TPSA) is 66.5 Å². The number of hydrogen-bond donors (Lipinski definition) is 1. The first-order chi connectivity index (χ1) is 10.8. The maximum Gasteiger partial charge on any atom is 0.224 e. The van der Waals surface area contributed by atoms with Gasteiger partial charge in [0.2, 0.25) is 15.9 Å². The average Bonchev–Trinajstić information content (AvgIpc) is 2.51. The molecule has 23 heavy (non-hydrogen) atoms. The van der Waals surface area contributed by atoms with Crippen LogP contribution in [-0.2, 0) is 20.6 Å². The highest BCUT2D eigenvalue weighted by Crippen LogP contribution is 2.26. The summed E-state index contributed by atoms with van der Waals surface area (Å²) < 4.78 is 26.6. The van der Waals surface area contributed by atoms with Gasteiger partial charge in [-0.15, -0.1) is 0 Å². The lowest BCUT2D eigenvalue weighted by atomic mass is 9.99. The van der Waals surface area contributed by atoms with Crippen LogP contribution in [0.5, 0.6) is 0 Å². The number of hydrogen-bond acceptors (Lipinski definition) is 3. The third kappa shape index (κ3) is 4.83. The Hall–Kier alpha value is -0.820. The Kier molecular flexibility index (Phi) is 6.31. The molecule has 1 aromatic rings. The van der Waals surface area contributed by atoms with E-state index in [1.165, 1.54) is 4.31 Å². The molecule has 0 bridgehead atoms. The highest BCUT2D eigenvalue weighted by Gasteiger charge is 2.32. The van der Waals surface area contributed by atoms with Crippen LogP contribution in [0.3, 0.4) is 0 Å². The Morgan fingerprint density at radius 2 is 2.09 bits per heavy atom. The van der Waals surface area contributed by atoms with Crippen LogP contribution in [-0.4, -0.2) is 38.3 Å². The zero-order valence-electron chi connectivity index (χ0n) is 12.9. The molecule has 5 nitrogen and oxygen atoms in total. The summed E-state index contributed by atoms with van der Waals surface area (Å²) in [5.74, 6) is -0.513. The molecule has 0 saturated carbocycles. The summed E-state index contributed by atoms with van der Waals surface area (Å²) in [5.41, 5.74) is 0.583. The maximum absolute atomic E-state index is 12.6. The second-order valence-electron chi connectivity index (χ2n) is 5.60. The van der Waals surface area contributed by atoms with Gasteiger partial charge in [0.15, 0.2) is 0 Å². The van der Waals surface area contributed by atoms with E-state index >= 15 is 0 Å². The van der Waals surface area contributed by atoms with E-state index in [4.69, 9.17) is 23.2 Å². The minimum atomic E-state index is -3.50. The van der Waals surface area contributed by atoms with Crippen LogP contribution in [0.15, 0.2) is 18.2 Å². The van der Waals surface area contributed by atoms with Crippen LogP contribution in [0.2, 0.25) is 10.0 Å². The molecule has 0 aromatic heterocycles. The fourth-order valence-corrected chi connectivity index (χ4v) is 4.58. The van der Waals surface area contributed by atoms with E-state index in [0.29, 0.717) is 41.5 Å². The van der Waals surface area contributed by atoms with Crippen molar-refractivity contribution in [1.82, 2.24) is 9.62 Å². The Morgan fingerprint density at radius 3 is 2.74 bits per heavy atom. The van der Waals surface area contributed by atoms with Gasteiger partial charge in [0, 0.05) is 19.6 Å². The molecule has 1 heterocycles. The summed E-state index contributed by atoms with van der Waals surface area (Å²) in [6.45, 7) is 3.07. The Labute approximate surface area is 147 Å². The van der Waals surface area contributed by atoms with Crippen molar-refractivity contribution in [3.63, 3.8) is 0 Å². The van der Waals surface area contributed by atoms with E-state index in [1.54, 1.807) is 18.2 Å². The van der Waals surface area contributed by atoms with Crippen LogP contribution >= 0.6 is 23.2 Å². The molecule has 1 atom stereocenters. The summed E-state index contributed by atoms with van der Waals surface area (Å²) in [5, 5.41) is 3.48. The SMILES string of the molecule is CCNC(=O)C1CCCN(S(=O)(=O)Cc2ccc(Cl)c(Cl)c2)C1. The molecule has 1 aliphatic rings. The number of piperidine rings is 1. The molecule has 1 N–H and O–H groups in total. The number of amides is 1. The summed E-state index contributed by atoms with van der Waals surface area (Å²) >= 11 is 11.8. The molecule has 1 unspecified atom stereocenters. The van der Waals surface area contributed by atoms with E-state index in [-0.39, 0.29) is 24.1 Å². The van der Waals surface area contributed by atoms with Gasteiger partial charge in [0.05, 0.1) is 21.7 Å². The molecule has 0 spiro atoms. The highest BCUT2D eigenvalue weighted by atomic mass is 35.5. The molecule has 1 aliphatic heterocycles. The summed E-state index contributed by atoms with van der Waals surface area (Å²) in [7, 11) is -3.50. The van der Waals surface area contributed by atoms with Crippen molar-refractivity contribution in [3.05, 3.63) is 33.8 Å². The van der Waals surface area contributed by atoms with Gasteiger partial charge in [0.1, 0.15) is 0 Å². The average molecular weight is 379 g/mol. The molecule has 8 heteroatoms. The molecule has 1 fully saturated rings. The van der Waals surface area contributed by atoms with Crippen molar-refractivity contribution in [1.29, 1.82) is 0 Å². The van der Waals surface area contributed by atoms with Crippen molar-refractivity contribution < 1.29 is 13.2 Å². The van der Waals surface area contributed by atoms with Crippen LogP contribution < -0.4 is 5.32 Å². The number of halogens is 2. The number of sulfonamides is 1. The monoisotopic (exact) mass is 378 g/mol. The first kappa shape index (κ1) is 18.5. The van der Waals surface area contributed by atoms with E-state index in [9.17, 15) is 13.2 Å². The molecule has 1 amide bonds. The molecule has 2 rings (SSSR count). The number of carbonyl (C=O) groups excluding carboxylic acids is 1. The maximum atomic E-state index is 12.6. The van der Waals surface area contributed by atoms with Crippen molar-refractivity contribution in [3.8, 4) is 0 Å². The predicted molar refractivity (Wildman–Crippen MR) is 92.1 cm³/mol. The summed E-state index contributed by atoms with van der Waals surface area (Å²) in [6.07, 6.45) is 1.40. The van der Waals surface area contributed by atoms with Crippen molar-refractivity contribution in [2.75, 3.05) is 19.6 Å². The number of benzene rings is 1. The van der Waals surface area contributed by atoms with Crippen LogP contribution in [0.25, 0.3) is 0 Å². The number of nitrogens with one attached hydrogen (secondary N) is 1. The van der Waals surface area contributed by atoms with Gasteiger partial charge in [0.25, 0.3) is 0 Å². The van der Waals surface area contributed by atoms with Gasteiger partial charge in [-0.1, -0.05) is 29.3 Å². The second kappa shape index (κ2) is 7.83. The summed E-state index contributed by atoms with van der Waals surface area (Å²) in [6, 6.07) is 4.80. The third-order valence-corrected chi connectivity index (χ3v) is 6.39. The number of carbonyl (C=O) groups is 1. The normalized spacial score (nSPS) is 19.5. The standard InChI is InChI=1S/C15H20Cl2N2O3S/c1-2-18-15(20)12-4-3-7-19(9-12)23(21,22)10-11-5-6-13(16)14(17)8-11/h5-6,8,12H,2-4,7,9-10H2,1H3,(H,18,20). The Morgan fingerprint density at radius 1 is 1.35 bits per heavy atom. The predicted octanol–water partition coefficient (Wildman–Crippen LogP) is 2.67. The minimum absolute atomic E-state index is 0.0815. The third-order valence-electron chi connectivity index (χ3n) is 3.83. The van der Waals surface area contributed by atoms with E-state index in [2.05, 4.69) is 5.32 Å². The van der Waals surface area contributed by atoms with Gasteiger partial charge in [-0.05, 0) is 37.5 Å². The lowest BCUT2D eigenvalue weighted by molar-refractivity contribution is -0.125. The largest absolute Gasteiger partial charge is 0.356 e. The minimum Gasteiger partial charge on any atom is -0.356 e. The van der Waals surface area contributed by atoms with Crippen molar-refractivity contribution in [2.45, 2.75) is 25.5 Å². The first-order valence-electron chi connectivity index (χ1n) is 7.53. The Bertz CT molecular complexity index is 679. The molecule has 0 aliphatic carbocycles. The van der Waals surface area contributed by atoms with Crippen molar-refractivity contribution in [2.24, 2.45) is 5.92 Å². The van der Waals surface area contributed by atoms with Gasteiger partial charge in [-0.3, -0.25) is 4.79 Å². The van der Waals surface area contributed by atoms with Gasteiger partial charge in [-0.25, -0.2) is 12.7 Å². The zero-order chi connectivity index (χ0) is 17.0. The summed E-state index contributed by atoms with van der Waals surface area (Å²) in [4.78, 5) is 11.9. The van der Waals surface area contributed by atoms with E-state index in [1.807, 2.05) is 6.92 Å². The molecular formula is C15H20Cl2N2O3S. The second-order valence-corrected chi connectivity index (χ2v) is 8.38. The fraction of sp³-hybridized carbons (Fsp3) is 0.533. The lowest BCUT2D eigenvalue weighted by Crippen LogP contribution is -2.45. The molecule has 0 radical (unpaired) electrons. The van der Waals surface area contributed by atoms with Gasteiger partial charge in [-0.2, -0.15) is 0 Å². The fourth-order valence-electron chi connectivity index (χ4n) is 2.66. The van der Waals surface area contributed by atoms with Crippen LogP contribution in [0.4, 0.5) is 0 Å².